The molecule has 3 rings (SSSR count). The van der Waals surface area contributed by atoms with Crippen LogP contribution in [0.1, 0.15) is 27.7 Å². The average Bonchev–Trinajstić information content (AvgIpc) is 2.76. The molecule has 1 aliphatic rings. The Morgan fingerprint density at radius 2 is 1.47 bits per heavy atom. The molecule has 1 aromatic heterocycles. The van der Waals surface area contributed by atoms with E-state index in [4.69, 9.17) is 32.8 Å². The van der Waals surface area contributed by atoms with Gasteiger partial charge in [0.25, 0.3) is 0 Å². The fraction of sp³-hybridized carbons (Fsp3) is 0.435. The molecule has 5 atom stereocenters. The highest BCUT2D eigenvalue weighted by molar-refractivity contribution is 5.79. The molecule has 0 aliphatic carbocycles. The molecule has 0 saturated carbocycles. The van der Waals surface area contributed by atoms with Gasteiger partial charge in [0.05, 0.1) is 0 Å². The smallest absolute Gasteiger partial charge is 0.379 e. The van der Waals surface area contributed by atoms with Gasteiger partial charge in [-0.1, -0.05) is 0 Å². The number of benzene rings is 1. The van der Waals surface area contributed by atoms with E-state index < -0.39 is 66.8 Å². The van der Waals surface area contributed by atoms with Gasteiger partial charge in [0.15, 0.2) is 12.2 Å². The molecule has 1 aliphatic heterocycles. The summed E-state index contributed by atoms with van der Waals surface area (Å²) < 4.78 is 37.5. The first-order chi connectivity index (χ1) is 16.9. The van der Waals surface area contributed by atoms with Crippen molar-refractivity contribution < 1.29 is 57.1 Å². The lowest BCUT2D eigenvalue weighted by Crippen LogP contribution is -2.63. The van der Waals surface area contributed by atoms with Gasteiger partial charge in [-0.05, 0) is 18.2 Å². The molecule has 1 fully saturated rings. The summed E-state index contributed by atoms with van der Waals surface area (Å²) in [5.74, 6) is -3.59. The number of phenolic OH excluding ortho intramolecular Hbond substituents is 1. The van der Waals surface area contributed by atoms with Crippen molar-refractivity contribution in [2.75, 3.05) is 6.61 Å². The van der Waals surface area contributed by atoms with E-state index >= 15 is 0 Å². The molecule has 0 radical (unpaired) electrons. The normalized spacial score (nSPS) is 23.4. The first-order valence-electron chi connectivity index (χ1n) is 10.7. The molecular formula is C23H24O13. The predicted octanol–water partition coefficient (Wildman–Crippen LogP) is 0.960. The van der Waals surface area contributed by atoms with E-state index in [0.717, 1.165) is 27.7 Å². The number of rotatable bonds is 7. The van der Waals surface area contributed by atoms with Gasteiger partial charge >= 0.3 is 29.5 Å². The van der Waals surface area contributed by atoms with Gasteiger partial charge in [-0.25, -0.2) is 4.79 Å². The standard InChI is InChI=1S/C23H24O13/c1-10(24)30-9-18-19(31-11(2)25)20(32-12(3)26)21(33-13(4)27)23(36-18)35-17-7-14-5-6-15(28)8-16(14)34-22(17)29/h5-8,18-21,23,28H,9H2,1-4H3/t18-,19+,20+,21-,23?/m1/s1. The maximum absolute atomic E-state index is 12.6. The topological polar surface area (TPSA) is 174 Å². The first kappa shape index (κ1) is 26.5. The van der Waals surface area contributed by atoms with Gasteiger partial charge < -0.3 is 37.9 Å². The van der Waals surface area contributed by atoms with Crippen molar-refractivity contribution >= 4 is 34.8 Å². The Labute approximate surface area is 203 Å². The lowest BCUT2D eigenvalue weighted by molar-refractivity contribution is -0.288. The number of hydrogen-bond donors (Lipinski definition) is 1. The zero-order valence-corrected chi connectivity index (χ0v) is 19.7. The molecule has 0 bridgehead atoms. The summed E-state index contributed by atoms with van der Waals surface area (Å²) in [7, 11) is 0. The largest absolute Gasteiger partial charge is 0.508 e. The average molecular weight is 508 g/mol. The van der Waals surface area contributed by atoms with Crippen LogP contribution in [0.3, 0.4) is 0 Å². The quantitative estimate of drug-likeness (QED) is 0.318. The number of ether oxygens (including phenoxy) is 6. The second kappa shape index (κ2) is 11.1. The van der Waals surface area contributed by atoms with Crippen LogP contribution in [0.4, 0.5) is 0 Å². The molecule has 2 heterocycles. The molecule has 1 aromatic carbocycles. The fourth-order valence-electron chi connectivity index (χ4n) is 3.57. The van der Waals surface area contributed by atoms with Gasteiger partial charge in [-0.3, -0.25) is 19.2 Å². The minimum Gasteiger partial charge on any atom is -0.508 e. The van der Waals surface area contributed by atoms with Crippen LogP contribution in [-0.2, 0) is 42.9 Å². The molecule has 0 amide bonds. The Morgan fingerprint density at radius 3 is 2.08 bits per heavy atom. The minimum atomic E-state index is -1.59. The highest BCUT2D eigenvalue weighted by Gasteiger charge is 2.53. The second-order valence-corrected chi connectivity index (χ2v) is 7.81. The summed E-state index contributed by atoms with van der Waals surface area (Å²) in [5, 5.41) is 9.98. The lowest BCUT2D eigenvalue weighted by Gasteiger charge is -2.43. The lowest BCUT2D eigenvalue weighted by atomic mass is 9.98. The van der Waals surface area contributed by atoms with Crippen LogP contribution in [0.5, 0.6) is 11.5 Å². The van der Waals surface area contributed by atoms with E-state index in [-0.39, 0.29) is 17.1 Å². The maximum atomic E-state index is 12.6. The molecule has 2 aromatic rings. The molecule has 0 spiro atoms. The van der Waals surface area contributed by atoms with Crippen molar-refractivity contribution in [1.29, 1.82) is 0 Å². The Kier molecular flexibility index (Phi) is 8.14. The van der Waals surface area contributed by atoms with Crippen molar-refractivity contribution in [3.8, 4) is 11.5 Å². The van der Waals surface area contributed by atoms with Crippen LogP contribution in [0.25, 0.3) is 11.0 Å². The molecular weight excluding hydrogens is 484 g/mol. The SMILES string of the molecule is CC(=O)OC[C@H]1OC(Oc2cc3ccc(O)cc3oc2=O)[C@H](OC(C)=O)[C@@H](OC(C)=O)[C@H]1OC(C)=O. The van der Waals surface area contributed by atoms with E-state index in [9.17, 15) is 29.1 Å². The van der Waals surface area contributed by atoms with E-state index in [2.05, 4.69) is 0 Å². The number of carbonyl (C=O) groups excluding carboxylic acids is 4. The van der Waals surface area contributed by atoms with Crippen LogP contribution >= 0.6 is 0 Å². The minimum absolute atomic E-state index is 0.0777. The monoisotopic (exact) mass is 508 g/mol. The van der Waals surface area contributed by atoms with Crippen LogP contribution in [-0.4, -0.2) is 66.3 Å². The van der Waals surface area contributed by atoms with Crippen molar-refractivity contribution in [2.45, 2.75) is 58.4 Å². The van der Waals surface area contributed by atoms with Crippen LogP contribution in [0, 0.1) is 0 Å². The van der Waals surface area contributed by atoms with Gasteiger partial charge in [-0.2, -0.15) is 0 Å². The molecule has 1 unspecified atom stereocenters. The van der Waals surface area contributed by atoms with Crippen LogP contribution < -0.4 is 10.4 Å². The second-order valence-electron chi connectivity index (χ2n) is 7.81. The number of hydrogen-bond acceptors (Lipinski definition) is 13. The molecule has 1 saturated heterocycles. The highest BCUT2D eigenvalue weighted by Crippen LogP contribution is 2.31. The maximum Gasteiger partial charge on any atom is 0.379 e. The molecule has 13 heteroatoms. The van der Waals surface area contributed by atoms with Gasteiger partial charge in [0.1, 0.15) is 24.0 Å². The Morgan fingerprint density at radius 1 is 0.861 bits per heavy atom. The third-order valence-electron chi connectivity index (χ3n) is 4.88. The Bertz CT molecular complexity index is 1220. The number of fused-ring (bicyclic) bond motifs is 1. The van der Waals surface area contributed by atoms with Crippen molar-refractivity contribution in [1.82, 2.24) is 0 Å². The summed E-state index contributed by atoms with van der Waals surface area (Å²) in [5.41, 5.74) is -0.880. The molecule has 194 valence electrons. The Balaban J connectivity index is 2.04. The summed E-state index contributed by atoms with van der Waals surface area (Å²) in [6.45, 7) is 3.93. The van der Waals surface area contributed by atoms with Crippen molar-refractivity contribution in [2.24, 2.45) is 0 Å². The van der Waals surface area contributed by atoms with Gasteiger partial charge in [0, 0.05) is 39.1 Å². The van der Waals surface area contributed by atoms with E-state index in [1.807, 2.05) is 0 Å². The third kappa shape index (κ3) is 6.50. The number of esters is 4. The summed E-state index contributed by atoms with van der Waals surface area (Å²) in [4.78, 5) is 59.5. The summed E-state index contributed by atoms with van der Waals surface area (Å²) >= 11 is 0. The molecule has 13 nitrogen and oxygen atoms in total. The zero-order valence-electron chi connectivity index (χ0n) is 19.7. The highest BCUT2D eigenvalue weighted by atomic mass is 16.7. The summed E-state index contributed by atoms with van der Waals surface area (Å²) in [6.07, 6.45) is -7.18. The predicted molar refractivity (Wildman–Crippen MR) is 117 cm³/mol. The van der Waals surface area contributed by atoms with E-state index in [1.54, 1.807) is 0 Å². The van der Waals surface area contributed by atoms with E-state index in [1.165, 1.54) is 24.3 Å². The molecule has 1 N–H and O–H groups in total. The van der Waals surface area contributed by atoms with Gasteiger partial charge in [-0.15, -0.1) is 0 Å². The zero-order chi connectivity index (χ0) is 26.6. The Hall–Kier alpha value is -4.13. The van der Waals surface area contributed by atoms with Crippen LogP contribution in [0.2, 0.25) is 0 Å². The molecule has 36 heavy (non-hydrogen) atoms. The first-order valence-corrected chi connectivity index (χ1v) is 10.7. The number of aromatic hydroxyl groups is 1. The van der Waals surface area contributed by atoms with E-state index in [0.29, 0.717) is 5.39 Å². The van der Waals surface area contributed by atoms with Crippen LogP contribution in [0.15, 0.2) is 33.5 Å². The fourth-order valence-corrected chi connectivity index (χ4v) is 3.57. The van der Waals surface area contributed by atoms with Gasteiger partial charge in [0.2, 0.25) is 18.1 Å². The van der Waals surface area contributed by atoms with Crippen molar-refractivity contribution in [3.63, 3.8) is 0 Å². The summed E-state index contributed by atoms with van der Waals surface area (Å²) in [6, 6.07) is 5.36. The number of carbonyl (C=O) groups is 4. The number of phenols is 1. The van der Waals surface area contributed by atoms with Crippen molar-refractivity contribution in [3.05, 3.63) is 34.7 Å². The third-order valence-corrected chi connectivity index (χ3v) is 4.88.